The van der Waals surface area contributed by atoms with Crippen molar-refractivity contribution in [2.24, 2.45) is 5.11 Å². The van der Waals surface area contributed by atoms with E-state index in [0.29, 0.717) is 30.7 Å². The Balaban J connectivity index is 2.26. The van der Waals surface area contributed by atoms with Crippen molar-refractivity contribution in [1.82, 2.24) is 9.55 Å². The molecule has 0 N–H and O–H groups in total. The van der Waals surface area contributed by atoms with E-state index in [2.05, 4.69) is 15.0 Å². The molecule has 0 amide bonds. The van der Waals surface area contributed by atoms with E-state index in [9.17, 15) is 4.79 Å². The van der Waals surface area contributed by atoms with Crippen LogP contribution in [0.1, 0.15) is 6.42 Å². The molecule has 2 rings (SSSR count). The summed E-state index contributed by atoms with van der Waals surface area (Å²) in [6.07, 6.45) is 2.18. The number of fused-ring (bicyclic) bond motifs is 1. The van der Waals surface area contributed by atoms with Crippen molar-refractivity contribution in [3.63, 3.8) is 0 Å². The molecule has 2 heterocycles. The van der Waals surface area contributed by atoms with Crippen LogP contribution in [0, 0.1) is 0 Å². The molecule has 0 aliphatic rings. The van der Waals surface area contributed by atoms with E-state index in [0.717, 1.165) is 0 Å². The number of pyridine rings is 1. The molecule has 0 radical (unpaired) electrons. The molecule has 0 aliphatic carbocycles. The monoisotopic (exact) mass is 219 g/mol. The summed E-state index contributed by atoms with van der Waals surface area (Å²) in [5.41, 5.74) is 9.10. The van der Waals surface area contributed by atoms with Gasteiger partial charge in [0.1, 0.15) is 0 Å². The summed E-state index contributed by atoms with van der Waals surface area (Å²) in [4.78, 5) is 18.2. The van der Waals surface area contributed by atoms with Gasteiger partial charge in [-0.2, -0.15) is 0 Å². The molecule has 0 saturated carbocycles. The lowest BCUT2D eigenvalue weighted by Crippen LogP contribution is -2.15. The van der Waals surface area contributed by atoms with Crippen molar-refractivity contribution in [2.45, 2.75) is 13.0 Å². The Labute approximate surface area is 89.9 Å². The third kappa shape index (κ3) is 1.89. The fraction of sp³-hybridized carbons (Fsp3) is 0.333. The van der Waals surface area contributed by atoms with Gasteiger partial charge < -0.3 is 4.42 Å². The predicted octanol–water partition coefficient (Wildman–Crippen LogP) is 1.69. The molecule has 0 fully saturated rings. The highest BCUT2D eigenvalue weighted by Crippen LogP contribution is 2.08. The van der Waals surface area contributed by atoms with Gasteiger partial charge in [-0.15, -0.1) is 0 Å². The van der Waals surface area contributed by atoms with Crippen LogP contribution in [0.3, 0.4) is 0 Å². The van der Waals surface area contributed by atoms with E-state index < -0.39 is 5.76 Å². The maximum absolute atomic E-state index is 11.5. The second kappa shape index (κ2) is 4.50. The highest BCUT2D eigenvalue weighted by Gasteiger charge is 2.08. The van der Waals surface area contributed by atoms with Crippen LogP contribution in [0.15, 0.2) is 32.7 Å². The predicted molar refractivity (Wildman–Crippen MR) is 56.9 cm³/mol. The molecule has 16 heavy (non-hydrogen) atoms. The second-order valence-corrected chi connectivity index (χ2v) is 3.15. The quantitative estimate of drug-likeness (QED) is 0.338. The first kappa shape index (κ1) is 10.3. The van der Waals surface area contributed by atoms with Gasteiger partial charge >= 0.3 is 5.76 Å². The minimum atomic E-state index is -0.436. The number of rotatable bonds is 4. The fourth-order valence-electron chi connectivity index (χ4n) is 1.44. The van der Waals surface area contributed by atoms with Crippen LogP contribution < -0.4 is 5.76 Å². The standard InChI is InChI=1S/C9H9N5O2/c10-13-12-5-2-6-14-8-7(16-9(14)15)3-1-4-11-8/h1,3-4H,2,5-6H2. The van der Waals surface area contributed by atoms with Gasteiger partial charge in [0, 0.05) is 24.2 Å². The molecule has 2 aromatic rings. The van der Waals surface area contributed by atoms with Crippen LogP contribution in [0.5, 0.6) is 0 Å². The molecular weight excluding hydrogens is 210 g/mol. The van der Waals surface area contributed by atoms with Crippen LogP contribution in [-0.4, -0.2) is 16.1 Å². The van der Waals surface area contributed by atoms with Gasteiger partial charge in [0.15, 0.2) is 11.2 Å². The SMILES string of the molecule is [N-]=[N+]=NCCCn1c(=O)oc2cccnc21. The number of hydrogen-bond donors (Lipinski definition) is 0. The number of aromatic nitrogens is 2. The molecule has 7 nitrogen and oxygen atoms in total. The number of aryl methyl sites for hydroxylation is 1. The summed E-state index contributed by atoms with van der Waals surface area (Å²) in [6.45, 7) is 0.782. The summed E-state index contributed by atoms with van der Waals surface area (Å²) in [6, 6.07) is 3.39. The topological polar surface area (TPSA) is 96.8 Å². The Morgan fingerprint density at radius 2 is 2.50 bits per heavy atom. The molecule has 0 aliphatic heterocycles. The van der Waals surface area contributed by atoms with E-state index in [-0.39, 0.29) is 0 Å². The van der Waals surface area contributed by atoms with Crippen molar-refractivity contribution < 1.29 is 4.42 Å². The zero-order valence-corrected chi connectivity index (χ0v) is 8.41. The van der Waals surface area contributed by atoms with Crippen LogP contribution in [0.4, 0.5) is 0 Å². The first-order chi connectivity index (χ1) is 7.83. The summed E-state index contributed by atoms with van der Waals surface area (Å²) in [5, 5.41) is 3.40. The largest absolute Gasteiger partial charge is 0.421 e. The molecule has 7 heteroatoms. The van der Waals surface area contributed by atoms with Crippen LogP contribution in [-0.2, 0) is 6.54 Å². The Hall–Kier alpha value is -2.27. The first-order valence-electron chi connectivity index (χ1n) is 4.78. The summed E-state index contributed by atoms with van der Waals surface area (Å²) < 4.78 is 6.43. The van der Waals surface area contributed by atoms with Gasteiger partial charge in [-0.05, 0) is 24.1 Å². The van der Waals surface area contributed by atoms with Gasteiger partial charge in [0.05, 0.1) is 0 Å². The summed E-state index contributed by atoms with van der Waals surface area (Å²) >= 11 is 0. The molecule has 0 unspecified atom stereocenters. The number of oxazole rings is 1. The number of hydrogen-bond acceptors (Lipinski definition) is 4. The lowest BCUT2D eigenvalue weighted by atomic mass is 10.4. The summed E-state index contributed by atoms with van der Waals surface area (Å²) in [7, 11) is 0. The minimum Gasteiger partial charge on any atom is -0.406 e. The maximum atomic E-state index is 11.5. The van der Waals surface area contributed by atoms with Crippen molar-refractivity contribution in [1.29, 1.82) is 0 Å². The highest BCUT2D eigenvalue weighted by molar-refractivity contribution is 5.67. The molecule has 0 atom stereocenters. The van der Waals surface area contributed by atoms with E-state index in [1.54, 1.807) is 18.3 Å². The second-order valence-electron chi connectivity index (χ2n) is 3.15. The third-order valence-electron chi connectivity index (χ3n) is 2.13. The van der Waals surface area contributed by atoms with Crippen LogP contribution in [0.2, 0.25) is 0 Å². The number of nitrogens with zero attached hydrogens (tertiary/aromatic N) is 5. The van der Waals surface area contributed by atoms with E-state index in [4.69, 9.17) is 9.95 Å². The van der Waals surface area contributed by atoms with Gasteiger partial charge in [-0.3, -0.25) is 4.57 Å². The smallest absolute Gasteiger partial charge is 0.406 e. The van der Waals surface area contributed by atoms with E-state index >= 15 is 0 Å². The van der Waals surface area contributed by atoms with Gasteiger partial charge in [-0.1, -0.05) is 5.11 Å². The normalized spacial score (nSPS) is 10.2. The third-order valence-corrected chi connectivity index (χ3v) is 2.13. The molecule has 0 bridgehead atoms. The lowest BCUT2D eigenvalue weighted by Gasteiger charge is -1.97. The van der Waals surface area contributed by atoms with Crippen LogP contribution in [0.25, 0.3) is 21.7 Å². The molecule has 0 aromatic carbocycles. The lowest BCUT2D eigenvalue weighted by molar-refractivity contribution is 0.498. The zero-order chi connectivity index (χ0) is 11.4. The molecule has 0 spiro atoms. The first-order valence-corrected chi connectivity index (χ1v) is 4.78. The number of azide groups is 1. The Morgan fingerprint density at radius 3 is 3.31 bits per heavy atom. The van der Waals surface area contributed by atoms with Gasteiger partial charge in [0.25, 0.3) is 0 Å². The zero-order valence-electron chi connectivity index (χ0n) is 8.41. The van der Waals surface area contributed by atoms with Crippen LogP contribution >= 0.6 is 0 Å². The van der Waals surface area contributed by atoms with E-state index in [1.165, 1.54) is 4.57 Å². The minimum absolute atomic E-state index is 0.350. The Bertz CT molecular complexity index is 593. The molecule has 0 saturated heterocycles. The Kier molecular flexibility index (Phi) is 2.88. The van der Waals surface area contributed by atoms with Crippen molar-refractivity contribution >= 4 is 11.2 Å². The maximum Gasteiger partial charge on any atom is 0.421 e. The van der Waals surface area contributed by atoms with Crippen molar-refractivity contribution in [2.75, 3.05) is 6.54 Å². The summed E-state index contributed by atoms with van der Waals surface area (Å²) in [5.74, 6) is -0.436. The van der Waals surface area contributed by atoms with Crippen molar-refractivity contribution in [3.8, 4) is 0 Å². The fourth-order valence-corrected chi connectivity index (χ4v) is 1.44. The average Bonchev–Trinajstić information content (AvgIpc) is 2.61. The average molecular weight is 219 g/mol. The molecule has 82 valence electrons. The van der Waals surface area contributed by atoms with Crippen molar-refractivity contribution in [3.05, 3.63) is 39.3 Å². The molecular formula is C9H9N5O2. The Morgan fingerprint density at radius 1 is 1.62 bits per heavy atom. The highest BCUT2D eigenvalue weighted by atomic mass is 16.4. The van der Waals surface area contributed by atoms with E-state index in [1.807, 2.05) is 0 Å². The molecule has 2 aromatic heterocycles. The van der Waals surface area contributed by atoms with Gasteiger partial charge in [-0.25, -0.2) is 9.78 Å². The van der Waals surface area contributed by atoms with Gasteiger partial charge in [0.2, 0.25) is 0 Å².